The lowest BCUT2D eigenvalue weighted by Crippen LogP contribution is -2.02. The van der Waals surface area contributed by atoms with Crippen molar-refractivity contribution in [2.45, 2.75) is 26.7 Å². The van der Waals surface area contributed by atoms with Crippen molar-refractivity contribution < 1.29 is 5.11 Å². The second-order valence-corrected chi connectivity index (χ2v) is 2.74. The van der Waals surface area contributed by atoms with Gasteiger partial charge >= 0.3 is 0 Å². The zero-order valence-electron chi connectivity index (χ0n) is 7.54. The highest BCUT2D eigenvalue weighted by Gasteiger charge is 1.99. The third-order valence-electron chi connectivity index (χ3n) is 1.65. The minimum atomic E-state index is 0.118. The van der Waals surface area contributed by atoms with Gasteiger partial charge in [0.15, 0.2) is 0 Å². The summed E-state index contributed by atoms with van der Waals surface area (Å²) in [4.78, 5) is 8.47. The fourth-order valence-corrected chi connectivity index (χ4v) is 1.09. The fourth-order valence-electron chi connectivity index (χ4n) is 1.09. The second-order valence-electron chi connectivity index (χ2n) is 2.74. The standard InChI is InChI=1S/C9H14N2O/c1-3-8-6-7(2)10-9(11-8)4-5-12/h6,12H,3-5H2,1-2H3. The van der Waals surface area contributed by atoms with E-state index < -0.39 is 0 Å². The summed E-state index contributed by atoms with van der Waals surface area (Å²) in [6.45, 7) is 4.12. The van der Waals surface area contributed by atoms with Crippen molar-refractivity contribution in [2.75, 3.05) is 6.61 Å². The molecule has 0 unspecified atom stereocenters. The summed E-state index contributed by atoms with van der Waals surface area (Å²) in [5.41, 5.74) is 2.02. The smallest absolute Gasteiger partial charge is 0.131 e. The zero-order chi connectivity index (χ0) is 8.97. The molecule has 0 radical (unpaired) electrons. The SMILES string of the molecule is CCc1cc(C)nc(CCO)n1. The van der Waals surface area contributed by atoms with Crippen LogP contribution in [0.4, 0.5) is 0 Å². The number of hydrogen-bond donors (Lipinski definition) is 1. The maximum atomic E-state index is 8.69. The van der Waals surface area contributed by atoms with Gasteiger partial charge in [0, 0.05) is 17.8 Å². The van der Waals surface area contributed by atoms with Crippen LogP contribution in [0.5, 0.6) is 0 Å². The van der Waals surface area contributed by atoms with Crippen LogP contribution >= 0.6 is 0 Å². The molecule has 1 N–H and O–H groups in total. The summed E-state index contributed by atoms with van der Waals surface area (Å²) < 4.78 is 0. The normalized spacial score (nSPS) is 10.2. The molecule has 0 aliphatic heterocycles. The highest BCUT2D eigenvalue weighted by molar-refractivity contribution is 5.09. The molecule has 1 heterocycles. The van der Waals surface area contributed by atoms with Crippen LogP contribution in [0.25, 0.3) is 0 Å². The van der Waals surface area contributed by atoms with Crippen LogP contribution in [0.3, 0.4) is 0 Å². The van der Waals surface area contributed by atoms with Gasteiger partial charge in [-0.2, -0.15) is 0 Å². The monoisotopic (exact) mass is 166 g/mol. The number of aliphatic hydroxyl groups is 1. The molecule has 0 bridgehead atoms. The van der Waals surface area contributed by atoms with E-state index in [4.69, 9.17) is 5.11 Å². The molecule has 3 heteroatoms. The van der Waals surface area contributed by atoms with Crippen LogP contribution in [0, 0.1) is 6.92 Å². The molecule has 0 fully saturated rings. The molecule has 1 aromatic heterocycles. The lowest BCUT2D eigenvalue weighted by atomic mass is 10.2. The predicted octanol–water partition coefficient (Wildman–Crippen LogP) is 0.882. The first-order valence-electron chi connectivity index (χ1n) is 4.20. The number of hydrogen-bond acceptors (Lipinski definition) is 3. The number of aliphatic hydroxyl groups excluding tert-OH is 1. The predicted molar refractivity (Wildman–Crippen MR) is 46.9 cm³/mol. The first kappa shape index (κ1) is 9.13. The Hall–Kier alpha value is -0.960. The topological polar surface area (TPSA) is 46.0 Å². The van der Waals surface area contributed by atoms with E-state index in [0.29, 0.717) is 6.42 Å². The molecular weight excluding hydrogens is 152 g/mol. The minimum Gasteiger partial charge on any atom is -0.396 e. The third-order valence-corrected chi connectivity index (χ3v) is 1.65. The van der Waals surface area contributed by atoms with Gasteiger partial charge in [0.25, 0.3) is 0 Å². The Kier molecular flexibility index (Phi) is 3.17. The zero-order valence-corrected chi connectivity index (χ0v) is 7.54. The van der Waals surface area contributed by atoms with Crippen LogP contribution in [-0.2, 0) is 12.8 Å². The highest BCUT2D eigenvalue weighted by Crippen LogP contribution is 2.01. The van der Waals surface area contributed by atoms with E-state index >= 15 is 0 Å². The van der Waals surface area contributed by atoms with E-state index in [0.717, 1.165) is 23.6 Å². The molecule has 0 atom stereocenters. The van der Waals surface area contributed by atoms with Gasteiger partial charge in [-0.05, 0) is 19.4 Å². The number of aryl methyl sites for hydroxylation is 2. The summed E-state index contributed by atoms with van der Waals surface area (Å²) in [5.74, 6) is 0.745. The fraction of sp³-hybridized carbons (Fsp3) is 0.556. The lowest BCUT2D eigenvalue weighted by Gasteiger charge is -2.02. The number of rotatable bonds is 3. The molecule has 0 aliphatic rings. The average Bonchev–Trinajstić information content (AvgIpc) is 2.04. The third kappa shape index (κ3) is 2.27. The van der Waals surface area contributed by atoms with E-state index in [1.807, 2.05) is 13.0 Å². The molecule has 0 aliphatic carbocycles. The summed E-state index contributed by atoms with van der Waals surface area (Å²) in [6.07, 6.45) is 1.47. The average molecular weight is 166 g/mol. The Morgan fingerprint density at radius 1 is 1.42 bits per heavy atom. The van der Waals surface area contributed by atoms with Gasteiger partial charge in [-0.15, -0.1) is 0 Å². The minimum absolute atomic E-state index is 0.118. The molecule has 12 heavy (non-hydrogen) atoms. The largest absolute Gasteiger partial charge is 0.396 e. The van der Waals surface area contributed by atoms with Gasteiger partial charge < -0.3 is 5.11 Å². The van der Waals surface area contributed by atoms with Crippen LogP contribution in [0.1, 0.15) is 24.1 Å². The Morgan fingerprint density at radius 2 is 2.17 bits per heavy atom. The Balaban J connectivity index is 2.90. The maximum Gasteiger partial charge on any atom is 0.131 e. The van der Waals surface area contributed by atoms with Gasteiger partial charge in [-0.3, -0.25) is 0 Å². The van der Waals surface area contributed by atoms with Crippen molar-refractivity contribution in [3.8, 4) is 0 Å². The molecule has 0 spiro atoms. The molecule has 1 rings (SSSR count). The molecule has 0 saturated heterocycles. The Morgan fingerprint density at radius 3 is 2.75 bits per heavy atom. The first-order chi connectivity index (χ1) is 5.76. The lowest BCUT2D eigenvalue weighted by molar-refractivity contribution is 0.296. The number of aromatic nitrogens is 2. The summed E-state index contributed by atoms with van der Waals surface area (Å²) in [7, 11) is 0. The van der Waals surface area contributed by atoms with Gasteiger partial charge in [-0.1, -0.05) is 6.92 Å². The molecule has 0 aromatic carbocycles. The molecule has 3 nitrogen and oxygen atoms in total. The van der Waals surface area contributed by atoms with E-state index in [1.54, 1.807) is 0 Å². The van der Waals surface area contributed by atoms with E-state index in [9.17, 15) is 0 Å². The Labute approximate surface area is 72.5 Å². The van der Waals surface area contributed by atoms with Crippen molar-refractivity contribution in [2.24, 2.45) is 0 Å². The molecular formula is C9H14N2O. The van der Waals surface area contributed by atoms with Crippen molar-refractivity contribution in [3.63, 3.8) is 0 Å². The Bertz CT molecular complexity index is 261. The first-order valence-corrected chi connectivity index (χ1v) is 4.20. The van der Waals surface area contributed by atoms with Gasteiger partial charge in [0.05, 0.1) is 6.61 Å². The summed E-state index contributed by atoms with van der Waals surface area (Å²) in [5, 5.41) is 8.69. The number of nitrogens with zero attached hydrogens (tertiary/aromatic N) is 2. The van der Waals surface area contributed by atoms with Crippen LogP contribution in [-0.4, -0.2) is 21.7 Å². The van der Waals surface area contributed by atoms with Crippen LogP contribution < -0.4 is 0 Å². The van der Waals surface area contributed by atoms with Gasteiger partial charge in [-0.25, -0.2) is 9.97 Å². The van der Waals surface area contributed by atoms with E-state index in [2.05, 4.69) is 16.9 Å². The molecule has 0 amide bonds. The quantitative estimate of drug-likeness (QED) is 0.725. The van der Waals surface area contributed by atoms with E-state index in [-0.39, 0.29) is 6.61 Å². The molecule has 0 saturated carbocycles. The maximum absolute atomic E-state index is 8.69. The van der Waals surface area contributed by atoms with Crippen LogP contribution in [0.15, 0.2) is 6.07 Å². The molecule has 66 valence electrons. The van der Waals surface area contributed by atoms with Gasteiger partial charge in [0.2, 0.25) is 0 Å². The van der Waals surface area contributed by atoms with Crippen LogP contribution in [0.2, 0.25) is 0 Å². The van der Waals surface area contributed by atoms with Gasteiger partial charge in [0.1, 0.15) is 5.82 Å². The molecule has 1 aromatic rings. The van der Waals surface area contributed by atoms with Crippen molar-refractivity contribution in [3.05, 3.63) is 23.3 Å². The van der Waals surface area contributed by atoms with Crippen molar-refractivity contribution in [1.82, 2.24) is 9.97 Å². The van der Waals surface area contributed by atoms with Crippen molar-refractivity contribution >= 4 is 0 Å². The van der Waals surface area contributed by atoms with E-state index in [1.165, 1.54) is 0 Å². The second kappa shape index (κ2) is 4.16. The van der Waals surface area contributed by atoms with Crippen molar-refractivity contribution in [1.29, 1.82) is 0 Å². The summed E-state index contributed by atoms with van der Waals surface area (Å²) >= 11 is 0. The highest BCUT2D eigenvalue weighted by atomic mass is 16.3. The summed E-state index contributed by atoms with van der Waals surface area (Å²) in [6, 6.07) is 1.97.